The number of halogens is 2. The van der Waals surface area contributed by atoms with Crippen LogP contribution in [-0.4, -0.2) is 12.4 Å². The lowest BCUT2D eigenvalue weighted by atomic mass is 10.1. The molecule has 0 aliphatic carbocycles. The molecule has 3 nitrogen and oxygen atoms in total. The lowest BCUT2D eigenvalue weighted by Gasteiger charge is -2.06. The van der Waals surface area contributed by atoms with E-state index in [0.717, 1.165) is 5.57 Å². The molecule has 1 heterocycles. The van der Waals surface area contributed by atoms with E-state index in [1.807, 2.05) is 6.92 Å². The molecule has 0 radical (unpaired) electrons. The van der Waals surface area contributed by atoms with E-state index >= 15 is 0 Å². The van der Waals surface area contributed by atoms with Gasteiger partial charge in [0.25, 0.3) is 0 Å². The van der Waals surface area contributed by atoms with E-state index in [1.165, 1.54) is 0 Å². The van der Waals surface area contributed by atoms with Crippen LogP contribution in [0, 0.1) is 0 Å². The summed E-state index contributed by atoms with van der Waals surface area (Å²) >= 11 is 12.3. The lowest BCUT2D eigenvalue weighted by molar-refractivity contribution is 0.101. The molecular formula is C19H14Cl2O3. The molecule has 0 spiro atoms. The van der Waals surface area contributed by atoms with Crippen molar-refractivity contribution in [3.63, 3.8) is 0 Å². The average molecular weight is 361 g/mol. The minimum absolute atomic E-state index is 0.178. The van der Waals surface area contributed by atoms with Crippen LogP contribution in [0.3, 0.4) is 0 Å². The topological polar surface area (TPSA) is 35.5 Å². The molecule has 0 saturated heterocycles. The second kappa shape index (κ2) is 6.71. The van der Waals surface area contributed by atoms with Gasteiger partial charge < -0.3 is 9.47 Å². The molecule has 122 valence electrons. The zero-order chi connectivity index (χ0) is 17.3. The highest BCUT2D eigenvalue weighted by Crippen LogP contribution is 2.36. The van der Waals surface area contributed by atoms with Gasteiger partial charge in [0.1, 0.15) is 18.1 Å². The molecule has 0 saturated carbocycles. The maximum Gasteiger partial charge on any atom is 0.231 e. The van der Waals surface area contributed by atoms with Crippen molar-refractivity contribution in [1.29, 1.82) is 0 Å². The predicted octanol–water partition coefficient (Wildman–Crippen LogP) is 5.56. The SMILES string of the molecule is C=C(C)COc1ccc2c(c1)OC(=Cc1c(Cl)cccc1Cl)C2=O. The van der Waals surface area contributed by atoms with Crippen molar-refractivity contribution in [3.8, 4) is 11.5 Å². The molecule has 0 atom stereocenters. The third-order valence-corrected chi connectivity index (χ3v) is 4.06. The number of fused-ring (bicyclic) bond motifs is 1. The second-order valence-electron chi connectivity index (χ2n) is 5.48. The van der Waals surface area contributed by atoms with Gasteiger partial charge in [0, 0.05) is 21.7 Å². The number of hydrogen-bond donors (Lipinski definition) is 0. The monoisotopic (exact) mass is 360 g/mol. The van der Waals surface area contributed by atoms with Crippen molar-refractivity contribution in [2.24, 2.45) is 0 Å². The summed E-state index contributed by atoms with van der Waals surface area (Å²) in [6.07, 6.45) is 1.56. The first-order valence-corrected chi connectivity index (χ1v) is 8.01. The summed E-state index contributed by atoms with van der Waals surface area (Å²) in [4.78, 5) is 12.5. The van der Waals surface area contributed by atoms with Gasteiger partial charge >= 0.3 is 0 Å². The number of benzene rings is 2. The van der Waals surface area contributed by atoms with E-state index in [1.54, 1.807) is 42.5 Å². The summed E-state index contributed by atoms with van der Waals surface area (Å²) in [5.74, 6) is 1.03. The van der Waals surface area contributed by atoms with E-state index in [9.17, 15) is 4.79 Å². The molecule has 0 amide bonds. The Morgan fingerprint density at radius 2 is 1.96 bits per heavy atom. The van der Waals surface area contributed by atoms with Crippen LogP contribution in [0.1, 0.15) is 22.8 Å². The zero-order valence-electron chi connectivity index (χ0n) is 12.9. The van der Waals surface area contributed by atoms with Crippen LogP contribution in [0.2, 0.25) is 10.0 Å². The van der Waals surface area contributed by atoms with Crippen LogP contribution in [0.4, 0.5) is 0 Å². The maximum absolute atomic E-state index is 12.5. The average Bonchev–Trinajstić information content (AvgIpc) is 2.85. The van der Waals surface area contributed by atoms with Crippen molar-refractivity contribution >= 4 is 35.1 Å². The van der Waals surface area contributed by atoms with Gasteiger partial charge in [-0.2, -0.15) is 0 Å². The summed E-state index contributed by atoms with van der Waals surface area (Å²) in [5.41, 5.74) is 1.93. The molecule has 0 aromatic heterocycles. The van der Waals surface area contributed by atoms with E-state index in [2.05, 4.69) is 6.58 Å². The van der Waals surface area contributed by atoms with Crippen molar-refractivity contribution in [2.45, 2.75) is 6.92 Å². The molecule has 2 aromatic rings. The summed E-state index contributed by atoms with van der Waals surface area (Å²) < 4.78 is 11.2. The van der Waals surface area contributed by atoms with Gasteiger partial charge in [-0.3, -0.25) is 4.79 Å². The fraction of sp³-hybridized carbons (Fsp3) is 0.105. The number of allylic oxidation sites excluding steroid dienone is 1. The largest absolute Gasteiger partial charge is 0.489 e. The summed E-state index contributed by atoms with van der Waals surface area (Å²) in [6, 6.07) is 10.2. The Morgan fingerprint density at radius 3 is 2.62 bits per heavy atom. The van der Waals surface area contributed by atoms with Gasteiger partial charge in [0.2, 0.25) is 5.78 Å². The van der Waals surface area contributed by atoms with E-state index < -0.39 is 0 Å². The Labute approximate surface area is 150 Å². The highest BCUT2D eigenvalue weighted by molar-refractivity contribution is 6.37. The van der Waals surface area contributed by atoms with Crippen molar-refractivity contribution in [3.05, 3.63) is 75.5 Å². The number of Topliss-reactive ketones (excluding diaryl/α,β-unsaturated/α-hetero) is 1. The van der Waals surface area contributed by atoms with E-state index in [0.29, 0.717) is 39.3 Å². The quantitative estimate of drug-likeness (QED) is 0.528. The van der Waals surface area contributed by atoms with Gasteiger partial charge in [-0.15, -0.1) is 0 Å². The fourth-order valence-corrected chi connectivity index (χ4v) is 2.75. The fourth-order valence-electron chi connectivity index (χ4n) is 2.24. The number of hydrogen-bond acceptors (Lipinski definition) is 3. The van der Waals surface area contributed by atoms with Gasteiger partial charge in [-0.25, -0.2) is 0 Å². The molecule has 3 rings (SSSR count). The molecule has 0 N–H and O–H groups in total. The number of ketones is 1. The van der Waals surface area contributed by atoms with Crippen molar-refractivity contribution in [2.75, 3.05) is 6.61 Å². The van der Waals surface area contributed by atoms with E-state index in [4.69, 9.17) is 32.7 Å². The van der Waals surface area contributed by atoms with E-state index in [-0.39, 0.29) is 11.5 Å². The third-order valence-electron chi connectivity index (χ3n) is 3.40. The summed E-state index contributed by atoms with van der Waals surface area (Å²) in [6.45, 7) is 6.07. The standard InChI is InChI=1S/C19H14Cl2O3/c1-11(2)10-23-12-6-7-13-17(8-12)24-18(19(13)22)9-14-15(20)4-3-5-16(14)21/h3-9H,1,10H2,2H3. The normalized spacial score (nSPS) is 14.5. The minimum atomic E-state index is -0.215. The number of carbonyl (C=O) groups excluding carboxylic acids is 1. The molecule has 5 heteroatoms. The van der Waals surface area contributed by atoms with Crippen LogP contribution in [0.25, 0.3) is 6.08 Å². The van der Waals surface area contributed by atoms with Gasteiger partial charge in [-0.05, 0) is 42.8 Å². The molecule has 2 aromatic carbocycles. The Bertz CT molecular complexity index is 849. The molecular weight excluding hydrogens is 347 g/mol. The molecule has 1 aliphatic rings. The molecule has 0 bridgehead atoms. The van der Waals surface area contributed by atoms with Gasteiger partial charge in [0.05, 0.1) is 5.56 Å². The molecule has 24 heavy (non-hydrogen) atoms. The molecule has 0 unspecified atom stereocenters. The van der Waals surface area contributed by atoms with Crippen LogP contribution in [-0.2, 0) is 0 Å². The Balaban J connectivity index is 1.90. The first-order chi connectivity index (χ1) is 11.5. The van der Waals surface area contributed by atoms with Crippen LogP contribution >= 0.6 is 23.2 Å². The first kappa shape index (κ1) is 16.6. The van der Waals surface area contributed by atoms with Gasteiger partial charge in [0.15, 0.2) is 5.76 Å². The summed E-state index contributed by atoms with van der Waals surface area (Å²) in [7, 11) is 0. The van der Waals surface area contributed by atoms with Crippen LogP contribution < -0.4 is 9.47 Å². The Hall–Kier alpha value is -2.23. The second-order valence-corrected chi connectivity index (χ2v) is 6.29. The Morgan fingerprint density at radius 1 is 1.25 bits per heavy atom. The molecule has 1 aliphatic heterocycles. The number of carbonyl (C=O) groups is 1. The number of ether oxygens (including phenoxy) is 2. The van der Waals surface area contributed by atoms with Crippen LogP contribution in [0.5, 0.6) is 11.5 Å². The molecule has 0 fully saturated rings. The lowest BCUT2D eigenvalue weighted by Crippen LogP contribution is -1.98. The maximum atomic E-state index is 12.5. The number of rotatable bonds is 4. The van der Waals surface area contributed by atoms with Crippen molar-refractivity contribution in [1.82, 2.24) is 0 Å². The Kier molecular flexibility index (Phi) is 4.65. The zero-order valence-corrected chi connectivity index (χ0v) is 14.4. The summed E-state index contributed by atoms with van der Waals surface area (Å²) in [5, 5.41) is 0.903. The third kappa shape index (κ3) is 3.32. The van der Waals surface area contributed by atoms with Gasteiger partial charge in [-0.1, -0.05) is 35.8 Å². The first-order valence-electron chi connectivity index (χ1n) is 7.25. The van der Waals surface area contributed by atoms with Crippen molar-refractivity contribution < 1.29 is 14.3 Å². The smallest absolute Gasteiger partial charge is 0.231 e. The predicted molar refractivity (Wildman–Crippen MR) is 96.1 cm³/mol. The minimum Gasteiger partial charge on any atom is -0.489 e. The highest BCUT2D eigenvalue weighted by Gasteiger charge is 2.28. The highest BCUT2D eigenvalue weighted by atomic mass is 35.5. The van der Waals surface area contributed by atoms with Crippen LogP contribution in [0.15, 0.2) is 54.3 Å².